The quantitative estimate of drug-likeness (QED) is 0.869. The Morgan fingerprint density at radius 3 is 2.43 bits per heavy atom. The first kappa shape index (κ1) is 17.8. The first-order chi connectivity index (χ1) is 10.8. The van der Waals surface area contributed by atoms with Gasteiger partial charge in [0.2, 0.25) is 0 Å². The maximum absolute atomic E-state index is 11.8. The van der Waals surface area contributed by atoms with Crippen LogP contribution in [-0.4, -0.2) is 24.3 Å². The van der Waals surface area contributed by atoms with Crippen molar-refractivity contribution in [2.24, 2.45) is 5.73 Å². The second-order valence-corrected chi connectivity index (χ2v) is 7.70. The van der Waals surface area contributed by atoms with Crippen molar-refractivity contribution in [2.75, 3.05) is 6.54 Å². The van der Waals surface area contributed by atoms with Crippen molar-refractivity contribution < 1.29 is 9.53 Å². The lowest BCUT2D eigenvalue weighted by molar-refractivity contribution is 0.0522. The largest absolute Gasteiger partial charge is 0.444 e. The number of amides is 1. The van der Waals surface area contributed by atoms with Gasteiger partial charge in [0.05, 0.1) is 0 Å². The Labute approximate surface area is 139 Å². The van der Waals surface area contributed by atoms with E-state index >= 15 is 0 Å². The van der Waals surface area contributed by atoms with Crippen LogP contribution in [0, 0.1) is 0 Å². The van der Waals surface area contributed by atoms with Gasteiger partial charge in [-0.1, -0.05) is 43.2 Å². The molecule has 0 spiro atoms. The Hall–Kier alpha value is -1.55. The van der Waals surface area contributed by atoms with E-state index in [4.69, 9.17) is 10.5 Å². The molecule has 1 aromatic carbocycles. The molecule has 128 valence electrons. The lowest BCUT2D eigenvalue weighted by atomic mass is 9.74. The SMILES string of the molecule is CC(C)(C)OC(=O)NCC(N)CC1(c2ccccc2)CCCC1. The van der Waals surface area contributed by atoms with E-state index in [1.54, 1.807) is 0 Å². The van der Waals surface area contributed by atoms with Crippen LogP contribution in [0.5, 0.6) is 0 Å². The third-order valence-corrected chi connectivity index (χ3v) is 4.51. The summed E-state index contributed by atoms with van der Waals surface area (Å²) >= 11 is 0. The van der Waals surface area contributed by atoms with Gasteiger partial charge >= 0.3 is 6.09 Å². The number of ether oxygens (including phenoxy) is 1. The van der Waals surface area contributed by atoms with Gasteiger partial charge in [0.15, 0.2) is 0 Å². The van der Waals surface area contributed by atoms with E-state index in [0.29, 0.717) is 6.54 Å². The summed E-state index contributed by atoms with van der Waals surface area (Å²) in [4.78, 5) is 11.8. The highest BCUT2D eigenvalue weighted by Crippen LogP contribution is 2.44. The predicted molar refractivity (Wildman–Crippen MR) is 93.4 cm³/mol. The summed E-state index contributed by atoms with van der Waals surface area (Å²) in [6.45, 7) is 6.02. The molecule has 0 bridgehead atoms. The molecule has 0 radical (unpaired) electrons. The third kappa shape index (κ3) is 5.24. The van der Waals surface area contributed by atoms with Gasteiger partial charge in [-0.15, -0.1) is 0 Å². The highest BCUT2D eigenvalue weighted by Gasteiger charge is 2.36. The van der Waals surface area contributed by atoms with Crippen LogP contribution in [0.3, 0.4) is 0 Å². The molecule has 4 heteroatoms. The maximum atomic E-state index is 11.8. The fraction of sp³-hybridized carbons (Fsp3) is 0.632. The van der Waals surface area contributed by atoms with Crippen LogP contribution in [0.15, 0.2) is 30.3 Å². The number of hydrogen-bond acceptors (Lipinski definition) is 3. The number of alkyl carbamates (subject to hydrolysis) is 1. The fourth-order valence-corrected chi connectivity index (χ4v) is 3.56. The number of benzene rings is 1. The van der Waals surface area contributed by atoms with Crippen molar-refractivity contribution in [3.63, 3.8) is 0 Å². The molecule has 1 aliphatic carbocycles. The summed E-state index contributed by atoms with van der Waals surface area (Å²) < 4.78 is 5.26. The molecule has 1 fully saturated rings. The van der Waals surface area contributed by atoms with Crippen molar-refractivity contribution in [1.82, 2.24) is 5.32 Å². The lowest BCUT2D eigenvalue weighted by Crippen LogP contribution is -2.43. The van der Waals surface area contributed by atoms with Gasteiger partial charge in [-0.25, -0.2) is 4.79 Å². The first-order valence-corrected chi connectivity index (χ1v) is 8.59. The molecule has 0 saturated heterocycles. The van der Waals surface area contributed by atoms with Crippen LogP contribution in [0.4, 0.5) is 4.79 Å². The number of rotatable bonds is 5. The molecule has 1 aromatic rings. The third-order valence-electron chi connectivity index (χ3n) is 4.51. The van der Waals surface area contributed by atoms with Crippen LogP contribution >= 0.6 is 0 Å². The number of carbonyl (C=O) groups is 1. The monoisotopic (exact) mass is 318 g/mol. The van der Waals surface area contributed by atoms with E-state index in [0.717, 1.165) is 6.42 Å². The topological polar surface area (TPSA) is 64.3 Å². The molecule has 1 unspecified atom stereocenters. The predicted octanol–water partition coefficient (Wildman–Crippen LogP) is 3.74. The molecule has 0 aromatic heterocycles. The summed E-state index contributed by atoms with van der Waals surface area (Å²) in [5.74, 6) is 0. The van der Waals surface area contributed by atoms with Gasteiger partial charge < -0.3 is 15.8 Å². The zero-order valence-corrected chi connectivity index (χ0v) is 14.6. The van der Waals surface area contributed by atoms with Crippen molar-refractivity contribution in [2.45, 2.75) is 69.9 Å². The zero-order valence-electron chi connectivity index (χ0n) is 14.6. The molecule has 3 N–H and O–H groups in total. The van der Waals surface area contributed by atoms with Crippen LogP contribution in [0.1, 0.15) is 58.4 Å². The molecule has 1 aliphatic rings. The van der Waals surface area contributed by atoms with Crippen LogP contribution < -0.4 is 11.1 Å². The second kappa shape index (κ2) is 7.35. The van der Waals surface area contributed by atoms with Gasteiger partial charge in [-0.05, 0) is 51.0 Å². The first-order valence-electron chi connectivity index (χ1n) is 8.59. The van der Waals surface area contributed by atoms with Crippen LogP contribution in [0.2, 0.25) is 0 Å². The minimum absolute atomic E-state index is 0.0687. The molecular weight excluding hydrogens is 288 g/mol. The molecule has 23 heavy (non-hydrogen) atoms. The van der Waals surface area contributed by atoms with Crippen molar-refractivity contribution in [1.29, 1.82) is 0 Å². The number of nitrogens with one attached hydrogen (secondary N) is 1. The Balaban J connectivity index is 1.92. The Morgan fingerprint density at radius 1 is 1.26 bits per heavy atom. The minimum Gasteiger partial charge on any atom is -0.444 e. The molecule has 0 aliphatic heterocycles. The minimum atomic E-state index is -0.481. The summed E-state index contributed by atoms with van der Waals surface area (Å²) in [7, 11) is 0. The molecule has 0 heterocycles. The fourth-order valence-electron chi connectivity index (χ4n) is 3.56. The van der Waals surface area contributed by atoms with Crippen LogP contribution in [-0.2, 0) is 10.2 Å². The molecule has 1 atom stereocenters. The Bertz CT molecular complexity index is 502. The zero-order chi connectivity index (χ0) is 16.9. The van der Waals surface area contributed by atoms with E-state index in [9.17, 15) is 4.79 Å². The summed E-state index contributed by atoms with van der Waals surface area (Å²) in [6, 6.07) is 10.6. The standard InChI is InChI=1S/C19H30N2O2/c1-18(2,3)23-17(22)21-14-16(20)13-19(11-7-8-12-19)15-9-5-4-6-10-15/h4-6,9-10,16H,7-8,11-14,20H2,1-3H3,(H,21,22). The summed E-state index contributed by atoms with van der Waals surface area (Å²) in [5.41, 5.74) is 7.38. The molecular formula is C19H30N2O2. The van der Waals surface area contributed by atoms with Gasteiger partial charge in [0, 0.05) is 12.6 Å². The molecule has 1 saturated carbocycles. The highest BCUT2D eigenvalue weighted by molar-refractivity contribution is 5.67. The highest BCUT2D eigenvalue weighted by atomic mass is 16.6. The van der Waals surface area contributed by atoms with E-state index < -0.39 is 11.7 Å². The average Bonchev–Trinajstić information content (AvgIpc) is 2.94. The van der Waals surface area contributed by atoms with Crippen LogP contribution in [0.25, 0.3) is 0 Å². The van der Waals surface area contributed by atoms with Gasteiger partial charge in [-0.3, -0.25) is 0 Å². The summed E-state index contributed by atoms with van der Waals surface area (Å²) in [5, 5.41) is 2.80. The number of nitrogens with two attached hydrogens (primary N) is 1. The molecule has 4 nitrogen and oxygen atoms in total. The van der Waals surface area contributed by atoms with Crippen molar-refractivity contribution in [3.05, 3.63) is 35.9 Å². The smallest absolute Gasteiger partial charge is 0.407 e. The number of hydrogen-bond donors (Lipinski definition) is 2. The second-order valence-electron chi connectivity index (χ2n) is 7.70. The normalized spacial score (nSPS) is 18.4. The van der Waals surface area contributed by atoms with E-state index in [1.807, 2.05) is 20.8 Å². The Kier molecular flexibility index (Phi) is 5.69. The van der Waals surface area contributed by atoms with E-state index in [2.05, 4.69) is 35.6 Å². The molecule has 2 rings (SSSR count). The van der Waals surface area contributed by atoms with E-state index in [-0.39, 0.29) is 11.5 Å². The average molecular weight is 318 g/mol. The number of carbonyl (C=O) groups excluding carboxylic acids is 1. The van der Waals surface area contributed by atoms with Gasteiger partial charge in [-0.2, -0.15) is 0 Å². The van der Waals surface area contributed by atoms with Gasteiger partial charge in [0.1, 0.15) is 5.60 Å². The molecule has 1 amide bonds. The summed E-state index contributed by atoms with van der Waals surface area (Å²) in [6.07, 6.45) is 5.36. The van der Waals surface area contributed by atoms with Crippen molar-refractivity contribution in [3.8, 4) is 0 Å². The lowest BCUT2D eigenvalue weighted by Gasteiger charge is -2.32. The van der Waals surface area contributed by atoms with E-state index in [1.165, 1.54) is 31.2 Å². The van der Waals surface area contributed by atoms with Crippen molar-refractivity contribution >= 4 is 6.09 Å². The Morgan fingerprint density at radius 2 is 1.87 bits per heavy atom. The maximum Gasteiger partial charge on any atom is 0.407 e. The van der Waals surface area contributed by atoms with Gasteiger partial charge in [0.25, 0.3) is 0 Å².